The Morgan fingerprint density at radius 2 is 1.89 bits per heavy atom. The van der Waals surface area contributed by atoms with Crippen molar-refractivity contribution in [2.45, 2.75) is 32.7 Å². The van der Waals surface area contributed by atoms with E-state index in [1.807, 2.05) is 43.3 Å². The van der Waals surface area contributed by atoms with Gasteiger partial charge in [0.2, 0.25) is 0 Å². The summed E-state index contributed by atoms with van der Waals surface area (Å²) in [5.74, 6) is -1.94. The third-order valence-electron chi connectivity index (χ3n) is 7.98. The SMILES string of the molecule is C=C(CONC(C)=C1C(=O)C=C2Oc3c(C(=O)NCc4c(C)ccc5ccccc45)c(OC)cc(O)c3[C@]2(C)C1=O)OCOC. The van der Waals surface area contributed by atoms with Crippen LogP contribution in [0, 0.1) is 6.92 Å². The molecule has 1 aliphatic heterocycles. The Morgan fingerprint density at radius 3 is 2.62 bits per heavy atom. The van der Waals surface area contributed by atoms with Crippen LogP contribution in [0.15, 0.2) is 77.9 Å². The second-order valence-electron chi connectivity index (χ2n) is 10.9. The summed E-state index contributed by atoms with van der Waals surface area (Å²) < 4.78 is 21.5. The minimum absolute atomic E-state index is 0.0122. The molecule has 1 aliphatic carbocycles. The van der Waals surface area contributed by atoms with Crippen LogP contribution in [-0.2, 0) is 35.9 Å². The summed E-state index contributed by atoms with van der Waals surface area (Å²) in [4.78, 5) is 46.4. The van der Waals surface area contributed by atoms with Gasteiger partial charge in [0.25, 0.3) is 5.91 Å². The van der Waals surface area contributed by atoms with Gasteiger partial charge < -0.3 is 29.4 Å². The van der Waals surface area contributed by atoms with E-state index in [0.717, 1.165) is 21.9 Å². The van der Waals surface area contributed by atoms with Gasteiger partial charge in [-0.05, 0) is 42.7 Å². The molecular formula is C34H34N2O9. The molecule has 0 saturated carbocycles. The molecule has 0 bridgehead atoms. The van der Waals surface area contributed by atoms with Gasteiger partial charge >= 0.3 is 0 Å². The third kappa shape index (κ3) is 5.52. The number of rotatable bonds is 11. The minimum Gasteiger partial charge on any atom is -0.507 e. The number of carbonyl (C=O) groups is 3. The molecule has 0 saturated heterocycles. The lowest BCUT2D eigenvalue weighted by atomic mass is 9.70. The van der Waals surface area contributed by atoms with E-state index in [0.29, 0.717) is 0 Å². The summed E-state index contributed by atoms with van der Waals surface area (Å²) in [6, 6.07) is 13.2. The number of aromatic hydroxyl groups is 1. The van der Waals surface area contributed by atoms with Crippen molar-refractivity contribution < 1.29 is 43.3 Å². The van der Waals surface area contributed by atoms with Crippen LogP contribution in [0.25, 0.3) is 10.8 Å². The molecule has 5 rings (SSSR count). The number of ketones is 2. The van der Waals surface area contributed by atoms with Crippen LogP contribution in [-0.4, -0.2) is 50.2 Å². The second-order valence-corrected chi connectivity index (χ2v) is 10.9. The fourth-order valence-electron chi connectivity index (χ4n) is 5.62. The first-order valence-corrected chi connectivity index (χ1v) is 14.1. The summed E-state index contributed by atoms with van der Waals surface area (Å²) in [5.41, 5.74) is 2.87. The van der Waals surface area contributed by atoms with Gasteiger partial charge in [-0.1, -0.05) is 43.0 Å². The average molecular weight is 615 g/mol. The molecule has 0 fully saturated rings. The molecule has 0 radical (unpaired) electrons. The van der Waals surface area contributed by atoms with Crippen LogP contribution in [0.5, 0.6) is 17.2 Å². The maximum Gasteiger partial charge on any atom is 0.259 e. The zero-order valence-corrected chi connectivity index (χ0v) is 25.7. The number of allylic oxidation sites excluding steroid dienone is 4. The van der Waals surface area contributed by atoms with E-state index in [4.69, 9.17) is 23.8 Å². The van der Waals surface area contributed by atoms with Crippen molar-refractivity contribution in [3.8, 4) is 17.2 Å². The Hall–Kier alpha value is -5.13. The summed E-state index contributed by atoms with van der Waals surface area (Å²) in [6.07, 6.45) is 1.18. The van der Waals surface area contributed by atoms with Crippen LogP contribution < -0.4 is 20.3 Å². The first kappa shape index (κ1) is 31.3. The summed E-state index contributed by atoms with van der Waals surface area (Å²) in [6.45, 7) is 8.79. The normalized spacial score (nSPS) is 18.0. The number of nitrogens with one attached hydrogen (secondary N) is 2. The highest BCUT2D eigenvalue weighted by Crippen LogP contribution is 2.56. The van der Waals surface area contributed by atoms with Crippen molar-refractivity contribution in [2.24, 2.45) is 0 Å². The average Bonchev–Trinajstić information content (AvgIpc) is 3.32. The Balaban J connectivity index is 1.48. The van der Waals surface area contributed by atoms with Crippen LogP contribution >= 0.6 is 0 Å². The maximum absolute atomic E-state index is 14.0. The number of Topliss-reactive ketones (excluding diaryl/α,β-unsaturated/α-hetero) is 1. The number of phenolic OH excluding ortho intramolecular Hbond substituents is 1. The molecule has 0 spiro atoms. The second kappa shape index (κ2) is 12.5. The number of hydrogen-bond acceptors (Lipinski definition) is 10. The molecule has 3 aromatic rings. The number of carbonyl (C=O) groups excluding carboxylic acids is 3. The summed E-state index contributed by atoms with van der Waals surface area (Å²) in [5, 5.41) is 16.1. The maximum atomic E-state index is 14.0. The Morgan fingerprint density at radius 1 is 1.13 bits per heavy atom. The van der Waals surface area contributed by atoms with Gasteiger partial charge in [-0.15, -0.1) is 0 Å². The molecule has 11 nitrogen and oxygen atoms in total. The molecule has 234 valence electrons. The van der Waals surface area contributed by atoms with Crippen molar-refractivity contribution in [1.82, 2.24) is 10.8 Å². The lowest BCUT2D eigenvalue weighted by Crippen LogP contribution is -2.41. The number of amides is 1. The number of hydrogen-bond donors (Lipinski definition) is 3. The fraction of sp³-hybridized carbons (Fsp3) is 0.265. The van der Waals surface area contributed by atoms with E-state index in [1.54, 1.807) is 0 Å². The van der Waals surface area contributed by atoms with Crippen molar-refractivity contribution in [3.05, 3.63) is 100 Å². The molecular weight excluding hydrogens is 580 g/mol. The minimum atomic E-state index is -1.62. The predicted octanol–water partition coefficient (Wildman–Crippen LogP) is 4.41. The molecule has 3 aromatic carbocycles. The van der Waals surface area contributed by atoms with Crippen LogP contribution in [0.4, 0.5) is 0 Å². The number of hydroxylamine groups is 1. The van der Waals surface area contributed by atoms with E-state index in [2.05, 4.69) is 17.4 Å². The van der Waals surface area contributed by atoms with Crippen LogP contribution in [0.2, 0.25) is 0 Å². The lowest BCUT2D eigenvalue weighted by Gasteiger charge is -2.28. The standard InChI is InChI=1S/C34H34N2O9/c1-18-11-12-21-9-7-8-10-22(21)23(18)15-35-33(40)29-26(42-6)13-25(38)30-31(29)45-27-14-24(37)28(32(39)34(27,30)4)20(3)36-44-16-19(2)43-17-41-5/h7-14,36,38H,2,15-17H2,1,3-6H3,(H,35,40)/t34-/m1/s1. The zero-order valence-electron chi connectivity index (χ0n) is 25.7. The fourth-order valence-corrected chi connectivity index (χ4v) is 5.62. The monoisotopic (exact) mass is 614 g/mol. The van der Waals surface area contributed by atoms with E-state index in [-0.39, 0.29) is 71.1 Å². The summed E-state index contributed by atoms with van der Waals surface area (Å²) in [7, 11) is 2.82. The van der Waals surface area contributed by atoms with E-state index in [1.165, 1.54) is 40.2 Å². The topological polar surface area (TPSA) is 142 Å². The van der Waals surface area contributed by atoms with Gasteiger partial charge in [0.1, 0.15) is 40.6 Å². The van der Waals surface area contributed by atoms with Crippen molar-refractivity contribution in [1.29, 1.82) is 0 Å². The van der Waals surface area contributed by atoms with Crippen LogP contribution in [0.1, 0.15) is 40.9 Å². The predicted molar refractivity (Wildman–Crippen MR) is 164 cm³/mol. The Kier molecular flexibility index (Phi) is 8.67. The molecule has 2 aliphatic rings. The number of fused-ring (bicyclic) bond motifs is 4. The molecule has 0 unspecified atom stereocenters. The van der Waals surface area contributed by atoms with E-state index >= 15 is 0 Å². The van der Waals surface area contributed by atoms with Crippen molar-refractivity contribution in [3.63, 3.8) is 0 Å². The zero-order chi connectivity index (χ0) is 32.5. The third-order valence-corrected chi connectivity index (χ3v) is 7.98. The highest BCUT2D eigenvalue weighted by atomic mass is 16.7. The Bertz CT molecular complexity index is 1810. The quantitative estimate of drug-likeness (QED) is 0.0935. The van der Waals surface area contributed by atoms with Gasteiger partial charge in [-0.25, -0.2) is 0 Å². The molecule has 3 N–H and O–H groups in total. The number of benzene rings is 3. The van der Waals surface area contributed by atoms with Gasteiger partial charge in [0, 0.05) is 31.5 Å². The highest BCUT2D eigenvalue weighted by Gasteiger charge is 2.56. The molecule has 45 heavy (non-hydrogen) atoms. The van der Waals surface area contributed by atoms with Crippen molar-refractivity contribution in [2.75, 3.05) is 27.6 Å². The number of phenols is 1. The number of ether oxygens (including phenoxy) is 4. The van der Waals surface area contributed by atoms with Crippen LogP contribution in [0.3, 0.4) is 0 Å². The first-order valence-electron chi connectivity index (χ1n) is 14.1. The highest BCUT2D eigenvalue weighted by molar-refractivity contribution is 6.31. The molecule has 11 heteroatoms. The van der Waals surface area contributed by atoms with Gasteiger partial charge in [-0.2, -0.15) is 0 Å². The first-order chi connectivity index (χ1) is 21.5. The summed E-state index contributed by atoms with van der Waals surface area (Å²) >= 11 is 0. The van der Waals surface area contributed by atoms with E-state index in [9.17, 15) is 19.5 Å². The van der Waals surface area contributed by atoms with Gasteiger partial charge in [0.15, 0.2) is 24.1 Å². The van der Waals surface area contributed by atoms with Crippen molar-refractivity contribution >= 4 is 28.2 Å². The largest absolute Gasteiger partial charge is 0.507 e. The van der Waals surface area contributed by atoms with E-state index < -0.39 is 22.9 Å². The molecule has 0 aromatic heterocycles. The number of methoxy groups -OCH3 is 2. The van der Waals surface area contributed by atoms with Gasteiger partial charge in [0.05, 0.1) is 18.2 Å². The molecule has 1 heterocycles. The molecule has 1 atom stereocenters. The Labute approximate surface area is 260 Å². The van der Waals surface area contributed by atoms with Gasteiger partial charge in [-0.3, -0.25) is 24.7 Å². The lowest BCUT2D eigenvalue weighted by molar-refractivity contribution is -0.123. The smallest absolute Gasteiger partial charge is 0.259 e. The number of aryl methyl sites for hydroxylation is 1. The molecule has 1 amide bonds.